The van der Waals surface area contributed by atoms with Gasteiger partial charge in [-0.05, 0) is 40.7 Å². The molecule has 0 spiro atoms. The SMILES string of the molecule is CC(C)c1ccc(-c2ccc3c(c2)CCNC3=O)cc1. The molecule has 20 heavy (non-hydrogen) atoms. The second-order valence-electron chi connectivity index (χ2n) is 5.65. The molecule has 0 bridgehead atoms. The fraction of sp³-hybridized carbons (Fsp3) is 0.278. The smallest absolute Gasteiger partial charge is 0.251 e. The van der Waals surface area contributed by atoms with Gasteiger partial charge < -0.3 is 5.32 Å². The lowest BCUT2D eigenvalue weighted by atomic mass is 9.93. The minimum Gasteiger partial charge on any atom is -0.352 e. The molecule has 1 N–H and O–H groups in total. The molecule has 3 rings (SSSR count). The third kappa shape index (κ3) is 2.34. The van der Waals surface area contributed by atoms with Crippen molar-refractivity contribution in [1.82, 2.24) is 5.32 Å². The molecule has 0 saturated heterocycles. The fourth-order valence-electron chi connectivity index (χ4n) is 2.67. The molecule has 1 amide bonds. The number of hydrogen-bond acceptors (Lipinski definition) is 1. The van der Waals surface area contributed by atoms with Gasteiger partial charge >= 0.3 is 0 Å². The average molecular weight is 265 g/mol. The molecule has 1 aliphatic rings. The quantitative estimate of drug-likeness (QED) is 0.880. The van der Waals surface area contributed by atoms with Crippen molar-refractivity contribution >= 4 is 5.91 Å². The van der Waals surface area contributed by atoms with E-state index in [0.717, 1.165) is 24.1 Å². The summed E-state index contributed by atoms with van der Waals surface area (Å²) in [5.41, 5.74) is 5.72. The van der Waals surface area contributed by atoms with E-state index in [4.69, 9.17) is 0 Å². The molecular weight excluding hydrogens is 246 g/mol. The first-order valence-electron chi connectivity index (χ1n) is 7.16. The van der Waals surface area contributed by atoms with Gasteiger partial charge in [-0.1, -0.05) is 50.2 Å². The van der Waals surface area contributed by atoms with Gasteiger partial charge in [-0.25, -0.2) is 0 Å². The van der Waals surface area contributed by atoms with E-state index in [-0.39, 0.29) is 5.91 Å². The average Bonchev–Trinajstić information content (AvgIpc) is 2.47. The third-order valence-corrected chi connectivity index (χ3v) is 3.94. The van der Waals surface area contributed by atoms with Crippen molar-refractivity contribution in [2.75, 3.05) is 6.54 Å². The highest BCUT2D eigenvalue weighted by Crippen LogP contribution is 2.26. The zero-order chi connectivity index (χ0) is 14.1. The molecule has 1 heterocycles. The van der Waals surface area contributed by atoms with E-state index in [9.17, 15) is 4.79 Å². The number of fused-ring (bicyclic) bond motifs is 1. The van der Waals surface area contributed by atoms with Crippen LogP contribution in [0.4, 0.5) is 0 Å². The molecule has 1 aliphatic heterocycles. The summed E-state index contributed by atoms with van der Waals surface area (Å²) in [7, 11) is 0. The van der Waals surface area contributed by atoms with Gasteiger partial charge in [-0.15, -0.1) is 0 Å². The molecule has 0 aromatic heterocycles. The Kier molecular flexibility index (Phi) is 3.31. The summed E-state index contributed by atoms with van der Waals surface area (Å²) in [6, 6.07) is 14.8. The van der Waals surface area contributed by atoms with Gasteiger partial charge in [0.2, 0.25) is 0 Å². The van der Waals surface area contributed by atoms with Gasteiger partial charge in [-0.2, -0.15) is 0 Å². The number of carbonyl (C=O) groups is 1. The first-order chi connectivity index (χ1) is 9.65. The van der Waals surface area contributed by atoms with Crippen LogP contribution < -0.4 is 5.32 Å². The zero-order valence-electron chi connectivity index (χ0n) is 11.9. The van der Waals surface area contributed by atoms with Gasteiger partial charge in [0.05, 0.1) is 0 Å². The third-order valence-electron chi connectivity index (χ3n) is 3.94. The monoisotopic (exact) mass is 265 g/mol. The number of carbonyl (C=O) groups excluding carboxylic acids is 1. The van der Waals surface area contributed by atoms with Crippen molar-refractivity contribution in [3.05, 3.63) is 59.2 Å². The zero-order valence-corrected chi connectivity index (χ0v) is 11.9. The fourth-order valence-corrected chi connectivity index (χ4v) is 2.67. The Morgan fingerprint density at radius 3 is 2.40 bits per heavy atom. The standard InChI is InChI=1S/C18H19NO/c1-12(2)13-3-5-14(6-4-13)15-7-8-17-16(11-15)9-10-19-18(17)20/h3-8,11-12H,9-10H2,1-2H3,(H,19,20). The first kappa shape index (κ1) is 12.9. The molecule has 2 aromatic carbocycles. The molecule has 0 radical (unpaired) electrons. The maximum absolute atomic E-state index is 11.7. The molecular formula is C18H19NO. The summed E-state index contributed by atoms with van der Waals surface area (Å²) in [4.78, 5) is 11.7. The van der Waals surface area contributed by atoms with E-state index < -0.39 is 0 Å². The summed E-state index contributed by atoms with van der Waals surface area (Å²) < 4.78 is 0. The summed E-state index contributed by atoms with van der Waals surface area (Å²) >= 11 is 0. The molecule has 0 unspecified atom stereocenters. The molecule has 0 saturated carbocycles. The number of amides is 1. The first-order valence-corrected chi connectivity index (χ1v) is 7.16. The van der Waals surface area contributed by atoms with Crippen LogP contribution in [0.25, 0.3) is 11.1 Å². The van der Waals surface area contributed by atoms with Crippen LogP contribution in [0.2, 0.25) is 0 Å². The maximum Gasteiger partial charge on any atom is 0.251 e. The van der Waals surface area contributed by atoms with Gasteiger partial charge in [0, 0.05) is 12.1 Å². The Balaban J connectivity index is 1.96. The molecule has 102 valence electrons. The molecule has 2 heteroatoms. The number of nitrogens with one attached hydrogen (secondary N) is 1. The number of hydrogen-bond donors (Lipinski definition) is 1. The van der Waals surface area contributed by atoms with Crippen LogP contribution >= 0.6 is 0 Å². The number of benzene rings is 2. The van der Waals surface area contributed by atoms with Crippen molar-refractivity contribution in [1.29, 1.82) is 0 Å². The van der Waals surface area contributed by atoms with E-state index >= 15 is 0 Å². The second kappa shape index (κ2) is 5.12. The largest absolute Gasteiger partial charge is 0.352 e. The number of rotatable bonds is 2. The lowest BCUT2D eigenvalue weighted by Gasteiger charge is -2.17. The van der Waals surface area contributed by atoms with Crippen LogP contribution in [0.5, 0.6) is 0 Å². The Morgan fingerprint density at radius 2 is 1.70 bits per heavy atom. The highest BCUT2D eigenvalue weighted by Gasteiger charge is 2.16. The van der Waals surface area contributed by atoms with Crippen molar-refractivity contribution in [2.24, 2.45) is 0 Å². The predicted octanol–water partition coefficient (Wildman–Crippen LogP) is 3.76. The van der Waals surface area contributed by atoms with Crippen molar-refractivity contribution in [3.8, 4) is 11.1 Å². The van der Waals surface area contributed by atoms with E-state index in [2.05, 4.69) is 49.5 Å². The van der Waals surface area contributed by atoms with Crippen LogP contribution in [0.3, 0.4) is 0 Å². The van der Waals surface area contributed by atoms with Crippen LogP contribution in [0, 0.1) is 0 Å². The van der Waals surface area contributed by atoms with E-state index in [1.165, 1.54) is 16.7 Å². The van der Waals surface area contributed by atoms with Crippen LogP contribution in [-0.2, 0) is 6.42 Å². The van der Waals surface area contributed by atoms with Gasteiger partial charge in [-0.3, -0.25) is 4.79 Å². The van der Waals surface area contributed by atoms with Crippen LogP contribution in [0.15, 0.2) is 42.5 Å². The highest BCUT2D eigenvalue weighted by molar-refractivity contribution is 5.97. The van der Waals surface area contributed by atoms with Gasteiger partial charge in [0.1, 0.15) is 0 Å². The Bertz CT molecular complexity index is 641. The van der Waals surface area contributed by atoms with E-state index in [1.807, 2.05) is 12.1 Å². The van der Waals surface area contributed by atoms with Crippen molar-refractivity contribution < 1.29 is 4.79 Å². The predicted molar refractivity (Wildman–Crippen MR) is 82.0 cm³/mol. The normalized spacial score (nSPS) is 14.1. The van der Waals surface area contributed by atoms with Gasteiger partial charge in [0.25, 0.3) is 5.91 Å². The molecule has 0 aliphatic carbocycles. The molecule has 2 nitrogen and oxygen atoms in total. The lowest BCUT2D eigenvalue weighted by Crippen LogP contribution is -2.31. The molecule has 2 aromatic rings. The minimum absolute atomic E-state index is 0.0490. The summed E-state index contributed by atoms with van der Waals surface area (Å²) in [5, 5.41) is 2.88. The van der Waals surface area contributed by atoms with Crippen molar-refractivity contribution in [3.63, 3.8) is 0 Å². The maximum atomic E-state index is 11.7. The summed E-state index contributed by atoms with van der Waals surface area (Å²) in [6.45, 7) is 5.14. The second-order valence-corrected chi connectivity index (χ2v) is 5.65. The Morgan fingerprint density at radius 1 is 1.00 bits per heavy atom. The van der Waals surface area contributed by atoms with E-state index in [1.54, 1.807) is 0 Å². The molecule has 0 atom stereocenters. The topological polar surface area (TPSA) is 29.1 Å². The van der Waals surface area contributed by atoms with Crippen LogP contribution in [-0.4, -0.2) is 12.5 Å². The van der Waals surface area contributed by atoms with Crippen LogP contribution in [0.1, 0.15) is 41.3 Å². The van der Waals surface area contributed by atoms with E-state index in [0.29, 0.717) is 5.92 Å². The Labute approximate surface area is 119 Å². The molecule has 0 fully saturated rings. The Hall–Kier alpha value is -2.09. The highest BCUT2D eigenvalue weighted by atomic mass is 16.1. The minimum atomic E-state index is 0.0490. The van der Waals surface area contributed by atoms with Gasteiger partial charge in [0.15, 0.2) is 0 Å². The summed E-state index contributed by atoms with van der Waals surface area (Å²) in [5.74, 6) is 0.601. The summed E-state index contributed by atoms with van der Waals surface area (Å²) in [6.07, 6.45) is 0.916. The lowest BCUT2D eigenvalue weighted by molar-refractivity contribution is 0.0946. The van der Waals surface area contributed by atoms with Crippen molar-refractivity contribution in [2.45, 2.75) is 26.2 Å².